The second kappa shape index (κ2) is 5.87. The summed E-state index contributed by atoms with van der Waals surface area (Å²) in [5.41, 5.74) is 2.00. The van der Waals surface area contributed by atoms with Crippen molar-refractivity contribution in [1.29, 1.82) is 0 Å². The van der Waals surface area contributed by atoms with E-state index in [1.54, 1.807) is 0 Å². The number of hydrogen-bond donors (Lipinski definition) is 0. The Balaban J connectivity index is 2.01. The molecule has 1 aliphatic carbocycles. The topological polar surface area (TPSA) is 20.3 Å². The van der Waals surface area contributed by atoms with Crippen LogP contribution < -0.4 is 0 Å². The van der Waals surface area contributed by atoms with Crippen molar-refractivity contribution in [3.8, 4) is 0 Å². The van der Waals surface area contributed by atoms with Crippen molar-refractivity contribution in [2.75, 3.05) is 13.6 Å². The lowest BCUT2D eigenvalue weighted by Gasteiger charge is -2.34. The molecule has 0 bridgehead atoms. The largest absolute Gasteiger partial charge is 0.341 e. The second-order valence-electron chi connectivity index (χ2n) is 5.13. The zero-order valence-corrected chi connectivity index (χ0v) is 12.6. The molecule has 0 aromatic heterocycles. The van der Waals surface area contributed by atoms with Gasteiger partial charge in [0.2, 0.25) is 0 Å². The summed E-state index contributed by atoms with van der Waals surface area (Å²) in [7, 11) is 1.91. The van der Waals surface area contributed by atoms with Crippen molar-refractivity contribution in [3.63, 3.8) is 0 Å². The molecule has 2 nitrogen and oxygen atoms in total. The van der Waals surface area contributed by atoms with Crippen LogP contribution in [0.25, 0.3) is 0 Å². The first-order valence-electron chi connectivity index (χ1n) is 6.59. The van der Waals surface area contributed by atoms with Gasteiger partial charge in [0, 0.05) is 24.0 Å². The van der Waals surface area contributed by atoms with Gasteiger partial charge in [-0.3, -0.25) is 4.79 Å². The molecule has 1 amide bonds. The summed E-state index contributed by atoms with van der Waals surface area (Å²) in [6.45, 7) is 2.96. The van der Waals surface area contributed by atoms with Crippen LogP contribution in [-0.2, 0) is 6.42 Å². The fourth-order valence-corrected chi connectivity index (χ4v) is 3.57. The molecule has 1 aromatic carbocycles. The smallest absolute Gasteiger partial charge is 0.253 e. The Morgan fingerprint density at radius 1 is 1.39 bits per heavy atom. The van der Waals surface area contributed by atoms with Gasteiger partial charge >= 0.3 is 0 Å². The highest BCUT2D eigenvalue weighted by Gasteiger charge is 2.29. The zero-order chi connectivity index (χ0) is 13.1. The first-order chi connectivity index (χ1) is 8.61. The van der Waals surface area contributed by atoms with E-state index in [0.29, 0.717) is 10.7 Å². The number of carbonyl (C=O) groups excluding carboxylic acids is 1. The molecule has 0 unspecified atom stereocenters. The van der Waals surface area contributed by atoms with Crippen LogP contribution in [-0.4, -0.2) is 29.2 Å². The summed E-state index contributed by atoms with van der Waals surface area (Å²) in [5, 5.41) is 0. The van der Waals surface area contributed by atoms with E-state index in [1.165, 1.54) is 12.8 Å². The minimum absolute atomic E-state index is 0.158. The summed E-state index contributed by atoms with van der Waals surface area (Å²) < 4.78 is 0. The Kier molecular flexibility index (Phi) is 4.44. The maximum atomic E-state index is 12.4. The summed E-state index contributed by atoms with van der Waals surface area (Å²) in [6, 6.07) is 7.92. The summed E-state index contributed by atoms with van der Waals surface area (Å²) in [4.78, 5) is 14.9. The highest BCUT2D eigenvalue weighted by atomic mass is 79.9. The van der Waals surface area contributed by atoms with Gasteiger partial charge in [-0.2, -0.15) is 0 Å². The van der Waals surface area contributed by atoms with Gasteiger partial charge in [-0.25, -0.2) is 0 Å². The maximum absolute atomic E-state index is 12.4. The molecule has 0 saturated heterocycles. The van der Waals surface area contributed by atoms with Crippen molar-refractivity contribution >= 4 is 21.8 Å². The maximum Gasteiger partial charge on any atom is 0.253 e. The highest BCUT2D eigenvalue weighted by Crippen LogP contribution is 2.33. The number of halogens is 1. The average molecular weight is 310 g/mol. The second-order valence-corrected chi connectivity index (χ2v) is 6.43. The van der Waals surface area contributed by atoms with Gasteiger partial charge in [0.15, 0.2) is 0 Å². The van der Waals surface area contributed by atoms with Gasteiger partial charge in [-0.1, -0.05) is 41.1 Å². The minimum atomic E-state index is 0.158. The molecule has 0 heterocycles. The predicted octanol–water partition coefficient (Wildman–Crippen LogP) is 3.49. The van der Waals surface area contributed by atoms with Gasteiger partial charge in [0.25, 0.3) is 5.91 Å². The number of benzene rings is 1. The van der Waals surface area contributed by atoms with E-state index in [0.717, 1.165) is 24.1 Å². The van der Waals surface area contributed by atoms with Gasteiger partial charge in [-0.05, 0) is 36.8 Å². The first-order valence-corrected chi connectivity index (χ1v) is 7.50. The van der Waals surface area contributed by atoms with Crippen molar-refractivity contribution in [2.24, 2.45) is 5.92 Å². The summed E-state index contributed by atoms with van der Waals surface area (Å²) in [6.07, 6.45) is 3.28. The predicted molar refractivity (Wildman–Crippen MR) is 78.2 cm³/mol. The van der Waals surface area contributed by atoms with E-state index in [2.05, 4.69) is 22.9 Å². The number of carbonyl (C=O) groups is 1. The molecule has 98 valence electrons. The van der Waals surface area contributed by atoms with Crippen molar-refractivity contribution in [2.45, 2.75) is 31.0 Å². The lowest BCUT2D eigenvalue weighted by atomic mass is 9.85. The molecule has 1 saturated carbocycles. The van der Waals surface area contributed by atoms with E-state index in [4.69, 9.17) is 0 Å². The monoisotopic (exact) mass is 309 g/mol. The fraction of sp³-hybridized carbons (Fsp3) is 0.533. The number of aryl methyl sites for hydroxylation is 1. The van der Waals surface area contributed by atoms with E-state index in [1.807, 2.05) is 36.2 Å². The van der Waals surface area contributed by atoms with Gasteiger partial charge in [-0.15, -0.1) is 0 Å². The Bertz CT molecular complexity index is 426. The summed E-state index contributed by atoms with van der Waals surface area (Å²) >= 11 is 3.59. The third-order valence-electron chi connectivity index (χ3n) is 3.69. The van der Waals surface area contributed by atoms with Crippen molar-refractivity contribution < 1.29 is 4.79 Å². The third-order valence-corrected chi connectivity index (χ3v) is 4.43. The van der Waals surface area contributed by atoms with Crippen LogP contribution in [0.3, 0.4) is 0 Å². The quantitative estimate of drug-likeness (QED) is 0.780. The Morgan fingerprint density at radius 2 is 2.06 bits per heavy atom. The fourth-order valence-electron chi connectivity index (χ4n) is 2.52. The lowest BCUT2D eigenvalue weighted by molar-refractivity contribution is 0.0747. The Hall–Kier alpha value is -0.830. The van der Waals surface area contributed by atoms with Crippen LogP contribution >= 0.6 is 15.9 Å². The Morgan fingerprint density at radius 3 is 2.67 bits per heavy atom. The molecule has 0 atom stereocenters. The van der Waals surface area contributed by atoms with E-state index < -0.39 is 0 Å². The SMILES string of the molecule is CCc1ccccc1C(=O)N(C)CC1CC(Br)C1. The lowest BCUT2D eigenvalue weighted by Crippen LogP contribution is -2.38. The van der Waals surface area contributed by atoms with Gasteiger partial charge < -0.3 is 4.90 Å². The van der Waals surface area contributed by atoms with Crippen LogP contribution in [0.1, 0.15) is 35.7 Å². The first kappa shape index (κ1) is 13.6. The van der Waals surface area contributed by atoms with Gasteiger partial charge in [0.1, 0.15) is 0 Å². The number of amides is 1. The summed E-state index contributed by atoms with van der Waals surface area (Å²) in [5.74, 6) is 0.822. The van der Waals surface area contributed by atoms with Crippen LogP contribution in [0.4, 0.5) is 0 Å². The van der Waals surface area contributed by atoms with Crippen LogP contribution in [0, 0.1) is 5.92 Å². The molecule has 0 N–H and O–H groups in total. The third kappa shape index (κ3) is 2.94. The van der Waals surface area contributed by atoms with Crippen molar-refractivity contribution in [1.82, 2.24) is 4.90 Å². The van der Waals surface area contributed by atoms with Crippen LogP contribution in [0.2, 0.25) is 0 Å². The molecule has 0 aliphatic heterocycles. The molecule has 18 heavy (non-hydrogen) atoms. The normalized spacial score (nSPS) is 22.4. The molecule has 1 fully saturated rings. The Labute approximate surface area is 117 Å². The molecule has 3 heteroatoms. The molecule has 0 spiro atoms. The van der Waals surface area contributed by atoms with E-state index >= 15 is 0 Å². The highest BCUT2D eigenvalue weighted by molar-refractivity contribution is 9.09. The number of hydrogen-bond acceptors (Lipinski definition) is 1. The molecular formula is C15H20BrNO. The molecular weight excluding hydrogens is 290 g/mol. The van der Waals surface area contributed by atoms with E-state index in [9.17, 15) is 4.79 Å². The minimum Gasteiger partial charge on any atom is -0.341 e. The van der Waals surface area contributed by atoms with Crippen LogP contribution in [0.5, 0.6) is 0 Å². The zero-order valence-electron chi connectivity index (χ0n) is 11.0. The van der Waals surface area contributed by atoms with Crippen molar-refractivity contribution in [3.05, 3.63) is 35.4 Å². The van der Waals surface area contributed by atoms with Gasteiger partial charge in [0.05, 0.1) is 0 Å². The number of nitrogens with zero attached hydrogens (tertiary/aromatic N) is 1. The number of alkyl halides is 1. The van der Waals surface area contributed by atoms with Crippen LogP contribution in [0.15, 0.2) is 24.3 Å². The molecule has 1 aromatic rings. The molecule has 0 radical (unpaired) electrons. The van der Waals surface area contributed by atoms with E-state index in [-0.39, 0.29) is 5.91 Å². The molecule has 1 aliphatic rings. The standard InChI is InChI=1S/C15H20BrNO/c1-3-12-6-4-5-7-14(12)15(18)17(2)10-11-8-13(16)9-11/h4-7,11,13H,3,8-10H2,1-2H3. The average Bonchev–Trinajstić information content (AvgIpc) is 2.35. The molecule has 2 rings (SSSR count). The number of rotatable bonds is 4.